The number of carboxylic acids is 1. The zero-order valence-electron chi connectivity index (χ0n) is 6.17. The third-order valence-electron chi connectivity index (χ3n) is 1.32. The Bertz CT molecular complexity index is 423. The standard InChI is InChI=1S/C6H3N3O2S2/c10-6(11)4-3(8-9-13-4)5-7-1-2-12-5/h1-2H,(H,10,11). The minimum atomic E-state index is -1.01. The van der Waals surface area contributed by atoms with Gasteiger partial charge in [0.1, 0.15) is 10.7 Å². The van der Waals surface area contributed by atoms with Gasteiger partial charge in [0.2, 0.25) is 0 Å². The fourth-order valence-corrected chi connectivity index (χ4v) is 2.01. The van der Waals surface area contributed by atoms with E-state index in [2.05, 4.69) is 14.6 Å². The molecule has 0 atom stereocenters. The van der Waals surface area contributed by atoms with Crippen LogP contribution in [0.5, 0.6) is 0 Å². The summed E-state index contributed by atoms with van der Waals surface area (Å²) in [5, 5.41) is 14.8. The number of rotatable bonds is 2. The highest BCUT2D eigenvalue weighted by molar-refractivity contribution is 7.14. The smallest absolute Gasteiger partial charge is 0.349 e. The molecule has 0 aromatic carbocycles. The topological polar surface area (TPSA) is 76.0 Å². The highest BCUT2D eigenvalue weighted by Gasteiger charge is 2.17. The molecular formula is C6H3N3O2S2. The van der Waals surface area contributed by atoms with Crippen LogP contribution in [0.2, 0.25) is 0 Å². The van der Waals surface area contributed by atoms with Crippen molar-refractivity contribution in [3.8, 4) is 10.7 Å². The largest absolute Gasteiger partial charge is 0.477 e. The maximum absolute atomic E-state index is 10.7. The maximum atomic E-state index is 10.7. The van der Waals surface area contributed by atoms with E-state index in [1.807, 2.05) is 0 Å². The molecule has 2 rings (SSSR count). The van der Waals surface area contributed by atoms with E-state index in [0.717, 1.165) is 11.5 Å². The lowest BCUT2D eigenvalue weighted by Gasteiger charge is -1.89. The molecular weight excluding hydrogens is 210 g/mol. The van der Waals surface area contributed by atoms with E-state index in [1.165, 1.54) is 11.3 Å². The monoisotopic (exact) mass is 213 g/mol. The summed E-state index contributed by atoms with van der Waals surface area (Å²) >= 11 is 2.20. The molecule has 0 unspecified atom stereocenters. The Hall–Kier alpha value is -1.34. The van der Waals surface area contributed by atoms with Crippen molar-refractivity contribution in [1.29, 1.82) is 0 Å². The van der Waals surface area contributed by atoms with E-state index in [9.17, 15) is 4.79 Å². The van der Waals surface area contributed by atoms with E-state index >= 15 is 0 Å². The Labute approximate surface area is 80.9 Å². The third-order valence-corrected chi connectivity index (χ3v) is 2.81. The van der Waals surface area contributed by atoms with Crippen LogP contribution in [-0.2, 0) is 0 Å². The summed E-state index contributed by atoms with van der Waals surface area (Å²) in [5.41, 5.74) is 0.354. The van der Waals surface area contributed by atoms with E-state index in [-0.39, 0.29) is 4.88 Å². The number of hydrogen-bond acceptors (Lipinski definition) is 6. The zero-order chi connectivity index (χ0) is 9.26. The normalized spacial score (nSPS) is 10.2. The first-order chi connectivity index (χ1) is 6.29. The van der Waals surface area contributed by atoms with Gasteiger partial charge in [-0.15, -0.1) is 16.4 Å². The predicted molar refractivity (Wildman–Crippen MR) is 48.0 cm³/mol. The molecule has 0 aliphatic rings. The van der Waals surface area contributed by atoms with Crippen LogP contribution in [0.25, 0.3) is 10.7 Å². The highest BCUT2D eigenvalue weighted by Crippen LogP contribution is 2.25. The summed E-state index contributed by atoms with van der Waals surface area (Å²) < 4.78 is 3.58. The molecule has 0 amide bonds. The summed E-state index contributed by atoms with van der Waals surface area (Å²) in [4.78, 5) is 14.8. The molecule has 2 aromatic heterocycles. The number of nitrogens with zero attached hydrogens (tertiary/aromatic N) is 3. The molecule has 7 heteroatoms. The second-order valence-corrected chi connectivity index (χ2v) is 3.74. The summed E-state index contributed by atoms with van der Waals surface area (Å²) in [7, 11) is 0. The molecule has 0 saturated heterocycles. The Balaban J connectivity index is 2.52. The van der Waals surface area contributed by atoms with Gasteiger partial charge in [-0.1, -0.05) is 4.49 Å². The van der Waals surface area contributed by atoms with Gasteiger partial charge < -0.3 is 5.11 Å². The second kappa shape index (κ2) is 3.19. The molecule has 0 aliphatic carbocycles. The quantitative estimate of drug-likeness (QED) is 0.815. The summed E-state index contributed by atoms with van der Waals surface area (Å²) in [6, 6.07) is 0. The van der Waals surface area contributed by atoms with Crippen molar-refractivity contribution in [2.75, 3.05) is 0 Å². The number of thiazole rings is 1. The molecule has 13 heavy (non-hydrogen) atoms. The molecule has 0 bridgehead atoms. The lowest BCUT2D eigenvalue weighted by Crippen LogP contribution is -1.94. The average Bonchev–Trinajstić information content (AvgIpc) is 2.74. The Kier molecular flexibility index (Phi) is 2.03. The lowest BCUT2D eigenvalue weighted by molar-refractivity contribution is 0.0702. The van der Waals surface area contributed by atoms with Crippen molar-refractivity contribution < 1.29 is 9.90 Å². The molecule has 0 fully saturated rings. The fraction of sp³-hybridized carbons (Fsp3) is 0. The van der Waals surface area contributed by atoms with Gasteiger partial charge in [-0.25, -0.2) is 9.78 Å². The lowest BCUT2D eigenvalue weighted by atomic mass is 10.4. The van der Waals surface area contributed by atoms with Gasteiger partial charge in [-0.2, -0.15) is 0 Å². The molecule has 0 aliphatic heterocycles. The van der Waals surface area contributed by atoms with Gasteiger partial charge >= 0.3 is 5.97 Å². The first kappa shape index (κ1) is 8.27. The van der Waals surface area contributed by atoms with Crippen LogP contribution in [0, 0.1) is 0 Å². The number of carbonyl (C=O) groups is 1. The van der Waals surface area contributed by atoms with Crippen molar-refractivity contribution >= 4 is 28.8 Å². The van der Waals surface area contributed by atoms with E-state index in [1.54, 1.807) is 11.6 Å². The van der Waals surface area contributed by atoms with Crippen molar-refractivity contribution in [3.63, 3.8) is 0 Å². The van der Waals surface area contributed by atoms with Gasteiger partial charge in [0.15, 0.2) is 4.88 Å². The molecule has 0 radical (unpaired) electrons. The second-order valence-electron chi connectivity index (χ2n) is 2.09. The summed E-state index contributed by atoms with van der Waals surface area (Å²) in [6.45, 7) is 0. The van der Waals surface area contributed by atoms with Crippen molar-refractivity contribution in [3.05, 3.63) is 16.5 Å². The Morgan fingerprint density at radius 2 is 2.38 bits per heavy atom. The summed E-state index contributed by atoms with van der Waals surface area (Å²) in [5.74, 6) is -1.01. The van der Waals surface area contributed by atoms with Gasteiger partial charge in [0.05, 0.1) is 0 Å². The van der Waals surface area contributed by atoms with Crippen LogP contribution in [0.15, 0.2) is 11.6 Å². The molecule has 66 valence electrons. The fourth-order valence-electron chi connectivity index (χ4n) is 0.811. The molecule has 0 spiro atoms. The predicted octanol–water partition coefficient (Wildman–Crippen LogP) is 1.36. The Morgan fingerprint density at radius 1 is 1.54 bits per heavy atom. The SMILES string of the molecule is O=C(O)c1snnc1-c1nccs1. The zero-order valence-corrected chi connectivity index (χ0v) is 7.80. The third kappa shape index (κ3) is 1.43. The summed E-state index contributed by atoms with van der Waals surface area (Å²) in [6.07, 6.45) is 1.60. The average molecular weight is 213 g/mol. The van der Waals surface area contributed by atoms with Gasteiger partial charge in [0, 0.05) is 11.6 Å². The van der Waals surface area contributed by atoms with Crippen molar-refractivity contribution in [2.45, 2.75) is 0 Å². The van der Waals surface area contributed by atoms with Gasteiger partial charge in [-0.05, 0) is 11.5 Å². The van der Waals surface area contributed by atoms with Crippen LogP contribution in [0.4, 0.5) is 0 Å². The molecule has 2 aromatic rings. The maximum Gasteiger partial charge on any atom is 0.349 e. The van der Waals surface area contributed by atoms with Crippen molar-refractivity contribution in [1.82, 2.24) is 14.6 Å². The van der Waals surface area contributed by atoms with E-state index in [4.69, 9.17) is 5.11 Å². The van der Waals surface area contributed by atoms with Crippen LogP contribution < -0.4 is 0 Å². The number of aromatic nitrogens is 3. The molecule has 0 saturated carbocycles. The molecule has 2 heterocycles. The highest BCUT2D eigenvalue weighted by atomic mass is 32.1. The van der Waals surface area contributed by atoms with Crippen LogP contribution in [0.1, 0.15) is 9.67 Å². The minimum Gasteiger partial charge on any atom is -0.477 e. The minimum absolute atomic E-state index is 0.134. The van der Waals surface area contributed by atoms with Crippen LogP contribution in [-0.4, -0.2) is 25.6 Å². The number of aromatic carboxylic acids is 1. The van der Waals surface area contributed by atoms with Gasteiger partial charge in [-0.3, -0.25) is 0 Å². The number of carboxylic acid groups (broad SMARTS) is 1. The Morgan fingerprint density at radius 3 is 3.00 bits per heavy atom. The first-order valence-electron chi connectivity index (χ1n) is 3.24. The number of hydrogen-bond donors (Lipinski definition) is 1. The molecule has 5 nitrogen and oxygen atoms in total. The van der Waals surface area contributed by atoms with Gasteiger partial charge in [0.25, 0.3) is 0 Å². The van der Waals surface area contributed by atoms with Crippen molar-refractivity contribution in [2.24, 2.45) is 0 Å². The van der Waals surface area contributed by atoms with E-state index in [0.29, 0.717) is 10.7 Å². The van der Waals surface area contributed by atoms with E-state index < -0.39 is 5.97 Å². The first-order valence-corrected chi connectivity index (χ1v) is 4.90. The molecule has 1 N–H and O–H groups in total. The van der Waals surface area contributed by atoms with Crippen LogP contribution >= 0.6 is 22.9 Å². The van der Waals surface area contributed by atoms with Crippen LogP contribution in [0.3, 0.4) is 0 Å².